The number of hydrogen-bond donors (Lipinski definition) is 2. The van der Waals surface area contributed by atoms with Gasteiger partial charge in [0.15, 0.2) is 11.6 Å². The molecule has 2 N–H and O–H groups in total. The molecule has 0 aromatic rings. The molecule has 0 saturated heterocycles. The molecule has 147 valence electrons. The van der Waals surface area contributed by atoms with Crippen molar-refractivity contribution in [1.82, 2.24) is 10.6 Å². The van der Waals surface area contributed by atoms with Gasteiger partial charge in [0.1, 0.15) is 0 Å². The van der Waals surface area contributed by atoms with Crippen LogP contribution in [0.15, 0.2) is 0 Å². The number of carbonyl (C=O) groups is 6. The van der Waals surface area contributed by atoms with Crippen molar-refractivity contribution in [3.8, 4) is 0 Å². The first-order chi connectivity index (χ1) is 12.6. The molecule has 0 spiro atoms. The molecule has 0 fully saturated rings. The monoisotopic (exact) mass is 385 g/mol. The van der Waals surface area contributed by atoms with Crippen LogP contribution in [0.25, 0.3) is 0 Å². The fourth-order valence-electron chi connectivity index (χ4n) is 0.690. The highest BCUT2D eigenvalue weighted by atomic mass is 16.5. The molecular formula is C12H20B3N2O10. The quantitative estimate of drug-likeness (QED) is 0.463. The first kappa shape index (κ1) is 28.8. The van der Waals surface area contributed by atoms with Crippen LogP contribution in [-0.4, -0.2) is 99.5 Å². The van der Waals surface area contributed by atoms with Crippen molar-refractivity contribution in [2.75, 3.05) is 42.5 Å². The molecule has 0 aliphatic carbocycles. The van der Waals surface area contributed by atoms with Crippen LogP contribution in [0.1, 0.15) is 0 Å². The lowest BCUT2D eigenvalue weighted by molar-refractivity contribution is 0.189. The van der Waals surface area contributed by atoms with E-state index in [0.29, 0.717) is 0 Å². The van der Waals surface area contributed by atoms with Gasteiger partial charge in [0, 0.05) is 14.1 Å². The van der Waals surface area contributed by atoms with Crippen molar-refractivity contribution < 1.29 is 47.7 Å². The third kappa shape index (κ3) is 23.0. The second kappa shape index (κ2) is 19.3. The highest BCUT2D eigenvalue weighted by Gasteiger charge is 2.12. The Balaban J connectivity index is -0.000000320. The van der Waals surface area contributed by atoms with Gasteiger partial charge in [-0.1, -0.05) is 0 Å². The number of nitrogens with one attached hydrogen (secondary N) is 2. The molecule has 0 aromatic carbocycles. The number of methoxy groups -OCH3 is 4. The van der Waals surface area contributed by atoms with E-state index >= 15 is 0 Å². The summed E-state index contributed by atoms with van der Waals surface area (Å²) in [6.07, 6.45) is 0. The molecular weight excluding hydrogens is 365 g/mol. The van der Waals surface area contributed by atoms with E-state index < -0.39 is 35.1 Å². The maximum atomic E-state index is 10.3. The van der Waals surface area contributed by atoms with E-state index in [2.05, 4.69) is 29.6 Å². The summed E-state index contributed by atoms with van der Waals surface area (Å²) in [5.41, 5.74) is 0. The number of rotatable bonds is 6. The Bertz CT molecular complexity index is 402. The molecule has 2 amide bonds. The molecule has 15 heteroatoms. The third-order valence-corrected chi connectivity index (χ3v) is 2.03. The Morgan fingerprint density at radius 1 is 0.519 bits per heavy atom. The molecule has 0 atom stereocenters. The number of ether oxygens (including phenoxy) is 4. The first-order valence-corrected chi connectivity index (χ1v) is 6.91. The van der Waals surface area contributed by atoms with Gasteiger partial charge in [-0.25, -0.2) is 0 Å². The lowest BCUT2D eigenvalue weighted by atomic mass is 9.78. The predicted octanol–water partition coefficient (Wildman–Crippen LogP) is -0.184. The molecule has 0 aliphatic rings. The van der Waals surface area contributed by atoms with Crippen LogP contribution in [0.4, 0.5) is 28.8 Å². The van der Waals surface area contributed by atoms with Crippen LogP contribution < -0.4 is 10.6 Å². The summed E-state index contributed by atoms with van der Waals surface area (Å²) < 4.78 is 16.6. The van der Waals surface area contributed by atoms with Gasteiger partial charge in [0.25, 0.3) is 23.5 Å². The van der Waals surface area contributed by atoms with E-state index in [0.717, 1.165) is 21.8 Å². The topological polar surface area (TPSA) is 163 Å². The minimum absolute atomic E-state index is 0.457. The maximum Gasteiger partial charge on any atom is 0.405 e. The van der Waals surface area contributed by atoms with Crippen LogP contribution in [0, 0.1) is 0 Å². The standard InChI is InChI=1S/2C4H7BNO3.C4H6BO4/c2*1-6-3(7)5-4(8)9-2;1-8-3(6)5-4(7)9-2/h2*1-2H3,(H,6,7);1-2H3. The molecule has 3 radical (unpaired) electrons. The van der Waals surface area contributed by atoms with Crippen molar-refractivity contribution in [2.45, 2.75) is 0 Å². The molecule has 0 heterocycles. The van der Waals surface area contributed by atoms with Gasteiger partial charge in [0.05, 0.1) is 28.4 Å². The van der Waals surface area contributed by atoms with Crippen molar-refractivity contribution in [2.24, 2.45) is 0 Å². The number of carbonyl (C=O) groups excluding carboxylic acids is 6. The van der Waals surface area contributed by atoms with E-state index in [1.165, 1.54) is 42.5 Å². The highest BCUT2D eigenvalue weighted by molar-refractivity contribution is 6.96. The lowest BCUT2D eigenvalue weighted by Crippen LogP contribution is -2.28. The Hall–Kier alpha value is -2.99. The SMILES string of the molecule is CNC(=O)[B]C(=O)OC.CNC(=O)[B]C(=O)OC.COC(=O)[B]C(=O)OC. The molecule has 0 unspecified atom stereocenters. The molecule has 0 aromatic heterocycles. The van der Waals surface area contributed by atoms with Crippen LogP contribution >= 0.6 is 0 Å². The normalized spacial score (nSPS) is 7.78. The highest BCUT2D eigenvalue weighted by Crippen LogP contribution is 1.79. The van der Waals surface area contributed by atoms with E-state index in [9.17, 15) is 28.8 Å². The zero-order valence-corrected chi connectivity index (χ0v) is 15.8. The van der Waals surface area contributed by atoms with Crippen LogP contribution in [-0.2, 0) is 18.9 Å². The zero-order chi connectivity index (χ0) is 21.8. The van der Waals surface area contributed by atoms with Gasteiger partial charge in [-0.05, 0) is 0 Å². The van der Waals surface area contributed by atoms with E-state index in [4.69, 9.17) is 0 Å². The fourth-order valence-corrected chi connectivity index (χ4v) is 0.690. The number of amides is 2. The second-order valence-corrected chi connectivity index (χ2v) is 3.75. The predicted molar refractivity (Wildman–Crippen MR) is 95.8 cm³/mol. The fraction of sp³-hybridized carbons (Fsp3) is 0.500. The van der Waals surface area contributed by atoms with Gasteiger partial charge in [-0.15, -0.1) is 0 Å². The van der Waals surface area contributed by atoms with Crippen molar-refractivity contribution in [1.29, 1.82) is 0 Å². The molecule has 0 rings (SSSR count). The van der Waals surface area contributed by atoms with Gasteiger partial charge in [-0.3, -0.25) is 28.8 Å². The summed E-state index contributed by atoms with van der Waals surface area (Å²) >= 11 is 0. The van der Waals surface area contributed by atoms with Crippen molar-refractivity contribution in [3.63, 3.8) is 0 Å². The van der Waals surface area contributed by atoms with E-state index in [1.807, 2.05) is 0 Å². The lowest BCUT2D eigenvalue weighted by Gasteiger charge is -1.94. The third-order valence-electron chi connectivity index (χ3n) is 2.03. The summed E-state index contributed by atoms with van der Waals surface area (Å²) in [4.78, 5) is 61.5. The molecule has 12 nitrogen and oxygen atoms in total. The zero-order valence-electron chi connectivity index (χ0n) is 15.8. The molecule has 0 bridgehead atoms. The largest absolute Gasteiger partial charge is 0.477 e. The Kier molecular flexibility index (Phi) is 20.6. The Morgan fingerprint density at radius 2 is 0.741 bits per heavy atom. The summed E-state index contributed by atoms with van der Waals surface area (Å²) in [7, 11) is 10.0. The Labute approximate surface area is 158 Å². The minimum Gasteiger partial charge on any atom is -0.477 e. The van der Waals surface area contributed by atoms with E-state index in [1.54, 1.807) is 0 Å². The minimum atomic E-state index is -0.707. The summed E-state index contributed by atoms with van der Waals surface area (Å²) in [6.45, 7) is 0. The van der Waals surface area contributed by atoms with Crippen LogP contribution in [0.3, 0.4) is 0 Å². The number of hydrogen-bond acceptors (Lipinski definition) is 10. The van der Waals surface area contributed by atoms with Crippen molar-refractivity contribution >= 4 is 56.9 Å². The smallest absolute Gasteiger partial charge is 0.405 e. The molecule has 0 saturated carbocycles. The van der Waals surface area contributed by atoms with Gasteiger partial charge in [-0.2, -0.15) is 0 Å². The maximum absolute atomic E-state index is 10.3. The first-order valence-electron chi connectivity index (χ1n) is 6.91. The van der Waals surface area contributed by atoms with Gasteiger partial charge >= 0.3 is 21.8 Å². The van der Waals surface area contributed by atoms with Crippen molar-refractivity contribution in [3.05, 3.63) is 0 Å². The van der Waals surface area contributed by atoms with Gasteiger partial charge < -0.3 is 29.6 Å². The summed E-state index contributed by atoms with van der Waals surface area (Å²) in [5, 5.41) is 4.47. The second-order valence-electron chi connectivity index (χ2n) is 3.75. The van der Waals surface area contributed by atoms with E-state index in [-0.39, 0.29) is 0 Å². The summed E-state index contributed by atoms with van der Waals surface area (Å²) in [6, 6.07) is 0. The molecule has 0 aliphatic heterocycles. The van der Waals surface area contributed by atoms with Gasteiger partial charge in [0.2, 0.25) is 0 Å². The molecule has 27 heavy (non-hydrogen) atoms. The Morgan fingerprint density at radius 3 is 0.926 bits per heavy atom. The average Bonchev–Trinajstić information content (AvgIpc) is 2.67. The summed E-state index contributed by atoms with van der Waals surface area (Å²) in [5.74, 6) is -3.61. The average molecular weight is 385 g/mol. The van der Waals surface area contributed by atoms with Crippen LogP contribution in [0.5, 0.6) is 0 Å². The van der Waals surface area contributed by atoms with Crippen LogP contribution in [0.2, 0.25) is 0 Å².